The molecule has 0 aromatic carbocycles. The van der Waals surface area contributed by atoms with Gasteiger partial charge in [0, 0.05) is 10.9 Å². The van der Waals surface area contributed by atoms with Gasteiger partial charge in [0.1, 0.15) is 0 Å². The van der Waals surface area contributed by atoms with Crippen LogP contribution < -0.4 is 0 Å². The van der Waals surface area contributed by atoms with Gasteiger partial charge in [0.05, 0.1) is 9.36 Å². The molecule has 0 N–H and O–H groups in total. The molecule has 1 aromatic heterocycles. The van der Waals surface area contributed by atoms with Crippen LogP contribution in [-0.4, -0.2) is 0 Å². The van der Waals surface area contributed by atoms with Gasteiger partial charge in [0.25, 0.3) is 0 Å². The molecule has 0 amide bonds. The molecule has 0 atom stereocenters. The topological polar surface area (TPSA) is 0 Å². The molecular formula is C7H8Cl2S. The van der Waals surface area contributed by atoms with E-state index in [0.29, 0.717) is 5.92 Å². The highest BCUT2D eigenvalue weighted by atomic mass is 35.5. The minimum absolute atomic E-state index is 0.422. The molecular weight excluding hydrogens is 187 g/mol. The maximum Gasteiger partial charge on any atom is 0.0978 e. The van der Waals surface area contributed by atoms with Crippen molar-refractivity contribution >= 4 is 34.5 Å². The first-order valence-corrected chi connectivity index (χ1v) is 4.69. The molecule has 0 unspecified atom stereocenters. The fourth-order valence-electron chi connectivity index (χ4n) is 0.827. The molecule has 3 heteroatoms. The van der Waals surface area contributed by atoms with Crippen molar-refractivity contribution < 1.29 is 0 Å². The van der Waals surface area contributed by atoms with Gasteiger partial charge in [-0.1, -0.05) is 37.0 Å². The average Bonchev–Trinajstić information content (AvgIpc) is 2.11. The van der Waals surface area contributed by atoms with Crippen molar-refractivity contribution in [3.05, 3.63) is 20.3 Å². The molecule has 1 aromatic rings. The molecule has 0 aliphatic carbocycles. The summed E-state index contributed by atoms with van der Waals surface area (Å²) in [6.07, 6.45) is 0. The maximum atomic E-state index is 5.87. The van der Waals surface area contributed by atoms with E-state index in [1.54, 1.807) is 0 Å². The third-order valence-electron chi connectivity index (χ3n) is 1.31. The SMILES string of the molecule is CC(C)c1c(Cl)csc1Cl. The zero-order valence-corrected chi connectivity index (χ0v) is 8.15. The lowest BCUT2D eigenvalue weighted by Gasteiger charge is -2.02. The van der Waals surface area contributed by atoms with Crippen molar-refractivity contribution in [2.75, 3.05) is 0 Å². The van der Waals surface area contributed by atoms with Crippen molar-refractivity contribution in [2.24, 2.45) is 0 Å². The lowest BCUT2D eigenvalue weighted by molar-refractivity contribution is 0.873. The Morgan fingerprint density at radius 2 is 2.00 bits per heavy atom. The van der Waals surface area contributed by atoms with Gasteiger partial charge < -0.3 is 0 Å². The van der Waals surface area contributed by atoms with Gasteiger partial charge in [-0.15, -0.1) is 11.3 Å². The van der Waals surface area contributed by atoms with Gasteiger partial charge >= 0.3 is 0 Å². The number of hydrogen-bond acceptors (Lipinski definition) is 1. The molecule has 0 aliphatic rings. The fourth-order valence-corrected chi connectivity index (χ4v) is 2.64. The highest BCUT2D eigenvalue weighted by molar-refractivity contribution is 7.15. The molecule has 0 bridgehead atoms. The minimum atomic E-state index is 0.422. The summed E-state index contributed by atoms with van der Waals surface area (Å²) in [5, 5.41) is 2.67. The van der Waals surface area contributed by atoms with Crippen molar-refractivity contribution in [3.63, 3.8) is 0 Å². The Morgan fingerprint density at radius 1 is 1.40 bits per heavy atom. The second-order valence-corrected chi connectivity index (χ2v) is 4.31. The first-order chi connectivity index (χ1) is 4.63. The Hall–Kier alpha value is 0.280. The maximum absolute atomic E-state index is 5.87. The van der Waals surface area contributed by atoms with Gasteiger partial charge in [0.2, 0.25) is 0 Å². The van der Waals surface area contributed by atoms with Crippen LogP contribution in [0.25, 0.3) is 0 Å². The van der Waals surface area contributed by atoms with E-state index < -0.39 is 0 Å². The van der Waals surface area contributed by atoms with E-state index in [4.69, 9.17) is 23.2 Å². The Kier molecular flexibility index (Phi) is 2.61. The van der Waals surface area contributed by atoms with E-state index in [-0.39, 0.29) is 0 Å². The zero-order valence-electron chi connectivity index (χ0n) is 5.82. The molecule has 0 nitrogen and oxygen atoms in total. The summed E-state index contributed by atoms with van der Waals surface area (Å²) in [7, 11) is 0. The number of thiophene rings is 1. The Bertz CT molecular complexity index is 208. The van der Waals surface area contributed by atoms with Crippen LogP contribution in [0.5, 0.6) is 0 Å². The summed E-state index contributed by atoms with van der Waals surface area (Å²) < 4.78 is 0.819. The Morgan fingerprint density at radius 3 is 2.20 bits per heavy atom. The van der Waals surface area contributed by atoms with E-state index in [0.717, 1.165) is 14.9 Å². The van der Waals surface area contributed by atoms with Crippen molar-refractivity contribution in [2.45, 2.75) is 19.8 Å². The van der Waals surface area contributed by atoms with Crippen LogP contribution in [0.1, 0.15) is 25.3 Å². The summed E-state index contributed by atoms with van der Waals surface area (Å²) in [6, 6.07) is 0. The molecule has 56 valence electrons. The van der Waals surface area contributed by atoms with E-state index in [1.807, 2.05) is 5.38 Å². The monoisotopic (exact) mass is 194 g/mol. The highest BCUT2D eigenvalue weighted by Crippen LogP contribution is 2.36. The first kappa shape index (κ1) is 8.38. The Balaban J connectivity index is 3.10. The quantitative estimate of drug-likeness (QED) is 0.630. The van der Waals surface area contributed by atoms with Gasteiger partial charge in [0.15, 0.2) is 0 Å². The number of rotatable bonds is 1. The Labute approximate surface area is 74.8 Å². The van der Waals surface area contributed by atoms with E-state index in [1.165, 1.54) is 11.3 Å². The number of halogens is 2. The standard InChI is InChI=1S/C7H8Cl2S/c1-4(2)6-5(8)3-10-7(6)9/h3-4H,1-2H3. The summed E-state index contributed by atoms with van der Waals surface area (Å²) in [4.78, 5) is 0. The third kappa shape index (κ3) is 1.47. The second-order valence-electron chi connectivity index (χ2n) is 2.43. The van der Waals surface area contributed by atoms with Crippen LogP contribution in [0.3, 0.4) is 0 Å². The average molecular weight is 195 g/mol. The molecule has 0 fully saturated rings. The highest BCUT2D eigenvalue weighted by Gasteiger charge is 2.10. The molecule has 0 radical (unpaired) electrons. The first-order valence-electron chi connectivity index (χ1n) is 3.05. The molecule has 0 aliphatic heterocycles. The van der Waals surface area contributed by atoms with Gasteiger partial charge in [-0.25, -0.2) is 0 Å². The normalized spacial score (nSPS) is 10.9. The van der Waals surface area contributed by atoms with Crippen LogP contribution >= 0.6 is 34.5 Å². The van der Waals surface area contributed by atoms with E-state index >= 15 is 0 Å². The molecule has 1 rings (SSSR count). The van der Waals surface area contributed by atoms with Crippen LogP contribution in [0.4, 0.5) is 0 Å². The summed E-state index contributed by atoms with van der Waals surface area (Å²) in [5.41, 5.74) is 1.08. The third-order valence-corrected chi connectivity index (χ3v) is 3.01. The molecule has 0 saturated heterocycles. The molecule has 0 saturated carbocycles. The van der Waals surface area contributed by atoms with Crippen molar-refractivity contribution in [3.8, 4) is 0 Å². The van der Waals surface area contributed by atoms with Gasteiger partial charge in [-0.3, -0.25) is 0 Å². The predicted octanol–water partition coefficient (Wildman–Crippen LogP) is 4.18. The van der Waals surface area contributed by atoms with Crippen LogP contribution in [0.15, 0.2) is 5.38 Å². The second kappa shape index (κ2) is 3.12. The fraction of sp³-hybridized carbons (Fsp3) is 0.429. The van der Waals surface area contributed by atoms with Crippen LogP contribution in [0, 0.1) is 0 Å². The summed E-state index contributed by atoms with van der Waals surface area (Å²) in [5.74, 6) is 0.422. The minimum Gasteiger partial charge on any atom is -0.130 e. The summed E-state index contributed by atoms with van der Waals surface area (Å²) >= 11 is 13.2. The van der Waals surface area contributed by atoms with Crippen molar-refractivity contribution in [1.29, 1.82) is 0 Å². The zero-order chi connectivity index (χ0) is 7.72. The van der Waals surface area contributed by atoms with Gasteiger partial charge in [-0.05, 0) is 5.92 Å². The number of hydrogen-bond donors (Lipinski definition) is 0. The van der Waals surface area contributed by atoms with Crippen LogP contribution in [-0.2, 0) is 0 Å². The molecule has 1 heterocycles. The van der Waals surface area contributed by atoms with Gasteiger partial charge in [-0.2, -0.15) is 0 Å². The molecule has 0 spiro atoms. The summed E-state index contributed by atoms with van der Waals surface area (Å²) in [6.45, 7) is 4.17. The van der Waals surface area contributed by atoms with E-state index in [2.05, 4.69) is 13.8 Å². The van der Waals surface area contributed by atoms with E-state index in [9.17, 15) is 0 Å². The lowest BCUT2D eigenvalue weighted by atomic mass is 10.1. The predicted molar refractivity (Wildman–Crippen MR) is 48.4 cm³/mol. The lowest BCUT2D eigenvalue weighted by Crippen LogP contribution is -1.83. The van der Waals surface area contributed by atoms with Crippen molar-refractivity contribution in [1.82, 2.24) is 0 Å². The molecule has 10 heavy (non-hydrogen) atoms. The largest absolute Gasteiger partial charge is 0.130 e. The smallest absolute Gasteiger partial charge is 0.0978 e. The van der Waals surface area contributed by atoms with Crippen LogP contribution in [0.2, 0.25) is 9.36 Å².